The van der Waals surface area contributed by atoms with Crippen molar-refractivity contribution < 1.29 is 91.3 Å². The summed E-state index contributed by atoms with van der Waals surface area (Å²) < 4.78 is 13.7. The standard InChI is InChI=1S/C27H38NSSi.2C24H31ClNSSi.C24H31FNSSi.12CH3.4Ti/c1-16-14-17(2)25(18(3)15-16)30(9,28-27(6,7)8)26-20(5)19(4)23-21-12-10-11-13-22(21)29-24(23)26;1-15-16(2)23(22-21(15)19-12-7-8-13-20(19)27-22)28(6,26-24(3,4)5)18-11-9-10-17(25)14-18;2*1-15-16(2)23(22-21(15)19-9-7-8-10-20(19)27-22)28(6,26-24(3,4)5)18-13-11-17(25)12-14-18;;;;;;;;;;;;;;;;/h10-15,19-20,23-24,26H,1-9H3;3*7-16,21-23H,1-6H3;12*1H3;;;;/q16*-1;4*+4. The Hall–Kier alpha value is -0.765. The fourth-order valence-corrected chi connectivity index (χ4v) is 56.6. The largest absolute Gasteiger partial charge is 4.00 e. The van der Waals surface area contributed by atoms with Gasteiger partial charge in [0.2, 0.25) is 0 Å². The monoisotopic (exact) mass is 2080 g/mol. The number of hydrogen-bond donors (Lipinski definition) is 0. The molecule has 708 valence electrons. The maximum atomic E-state index is 13.7. The minimum atomic E-state index is -2.24. The molecule has 0 N–H and O–H groups in total. The zero-order valence-corrected chi connectivity index (χ0v) is 102. The fraction of sp³-hybridized carbons (Fsp3) is 0.459. The minimum absolute atomic E-state index is 0. The smallest absolute Gasteiger partial charge is 0.656 e. The third-order valence-corrected chi connectivity index (χ3v) is 55.1. The van der Waals surface area contributed by atoms with Crippen LogP contribution in [0.2, 0.25) is 58.4 Å². The molecular weight excluding hydrogens is 1910 g/mol. The summed E-state index contributed by atoms with van der Waals surface area (Å²) in [5.74, 6) is 7.68. The summed E-state index contributed by atoms with van der Waals surface area (Å²) in [6.45, 7) is 63.7. The van der Waals surface area contributed by atoms with Crippen LogP contribution in [-0.2, 0) is 86.9 Å². The molecule has 4 heterocycles. The van der Waals surface area contributed by atoms with Gasteiger partial charge in [0.25, 0.3) is 0 Å². The predicted molar refractivity (Wildman–Crippen MR) is 588 cm³/mol. The molecule has 19 heteroatoms. The number of rotatable bonds is 12. The van der Waals surface area contributed by atoms with Gasteiger partial charge in [-0.2, -0.15) is 0 Å². The Morgan fingerprint density at radius 1 is 0.285 bits per heavy atom. The molecule has 0 saturated heterocycles. The Labute approximate surface area is 892 Å². The van der Waals surface area contributed by atoms with Crippen molar-refractivity contribution in [2.24, 2.45) is 47.3 Å². The molecule has 4 aliphatic carbocycles. The molecular formula is C111H167Cl2FN4S4Si4Ti4. The second-order valence-corrected chi connectivity index (χ2v) is 61.3. The van der Waals surface area contributed by atoms with E-state index >= 15 is 0 Å². The van der Waals surface area contributed by atoms with Crippen LogP contribution in [0, 0.1) is 163 Å². The molecule has 0 bridgehead atoms. The second-order valence-electron chi connectivity index (χ2n) is 40.6. The van der Waals surface area contributed by atoms with Gasteiger partial charge in [-0.25, -0.2) is 4.39 Å². The molecule has 130 heavy (non-hydrogen) atoms. The van der Waals surface area contributed by atoms with Crippen molar-refractivity contribution in [1.82, 2.24) is 0 Å². The molecule has 4 nitrogen and oxygen atoms in total. The van der Waals surface area contributed by atoms with E-state index in [-0.39, 0.29) is 204 Å². The van der Waals surface area contributed by atoms with E-state index in [1.54, 1.807) is 34.0 Å². The Bertz CT molecular complexity index is 4610. The van der Waals surface area contributed by atoms with Gasteiger partial charge < -0.3 is 109 Å². The number of benzene rings is 8. The van der Waals surface area contributed by atoms with E-state index in [1.165, 1.54) is 57.4 Å². The van der Waals surface area contributed by atoms with Crippen LogP contribution in [0.1, 0.15) is 201 Å². The maximum Gasteiger partial charge on any atom is 4.00 e. The Kier molecular flexibility index (Phi) is 54.5. The second kappa shape index (κ2) is 52.3. The van der Waals surface area contributed by atoms with E-state index < -0.39 is 32.9 Å². The van der Waals surface area contributed by atoms with Gasteiger partial charge in [-0.1, -0.05) is 347 Å². The number of aryl methyl sites for hydroxylation is 3. The number of hydrogen-bond acceptors (Lipinski definition) is 4. The third kappa shape index (κ3) is 27.2. The van der Waals surface area contributed by atoms with Crippen LogP contribution in [0.15, 0.2) is 202 Å². The van der Waals surface area contributed by atoms with Gasteiger partial charge in [0.15, 0.2) is 0 Å². The fourth-order valence-electron chi connectivity index (χ4n) is 24.1. The van der Waals surface area contributed by atoms with Crippen molar-refractivity contribution >= 4 is 124 Å². The van der Waals surface area contributed by atoms with E-state index in [4.69, 9.17) is 43.1 Å². The summed E-state index contributed by atoms with van der Waals surface area (Å²) >= 11 is 21.2. The van der Waals surface area contributed by atoms with Crippen LogP contribution in [0.25, 0.3) is 19.9 Å². The molecule has 0 aromatic heterocycles. The van der Waals surface area contributed by atoms with E-state index in [0.29, 0.717) is 114 Å². The Balaban J connectivity index is -0.000000782. The van der Waals surface area contributed by atoms with Gasteiger partial charge in [0.1, 0.15) is 5.82 Å². The topological polar surface area (TPSA) is 56.4 Å². The summed E-state index contributed by atoms with van der Waals surface area (Å²) in [7, 11) is -8.71. The summed E-state index contributed by atoms with van der Waals surface area (Å²) in [6, 6.07) is 65.5. The number of halogens is 3. The van der Waals surface area contributed by atoms with E-state index in [0.717, 1.165) is 10.0 Å². The van der Waals surface area contributed by atoms with Crippen molar-refractivity contribution in [1.29, 1.82) is 0 Å². The van der Waals surface area contributed by atoms with Crippen LogP contribution < -0.4 is 20.7 Å². The quantitative estimate of drug-likeness (QED) is 0.0903. The molecule has 0 amide bonds. The van der Waals surface area contributed by atoms with Crippen LogP contribution in [0.5, 0.6) is 0 Å². The maximum absolute atomic E-state index is 13.7. The molecule has 4 aliphatic heterocycles. The zero-order valence-electron chi connectivity index (χ0n) is 87.4. The number of fused-ring (bicyclic) bond motifs is 12. The molecule has 16 rings (SSSR count). The van der Waals surface area contributed by atoms with Gasteiger partial charge in [-0.05, 0) is 230 Å². The van der Waals surface area contributed by atoms with Crippen molar-refractivity contribution in [2.45, 2.75) is 294 Å². The van der Waals surface area contributed by atoms with Crippen LogP contribution >= 0.6 is 70.2 Å². The number of thioether (sulfide) groups is 4. The summed E-state index contributed by atoms with van der Waals surface area (Å²) in [5.41, 5.74) is 12.7. The van der Waals surface area contributed by atoms with Crippen molar-refractivity contribution in [3.63, 3.8) is 0 Å². The van der Waals surface area contributed by atoms with Crippen LogP contribution in [-0.4, -0.2) is 76.1 Å². The van der Waals surface area contributed by atoms with Crippen molar-refractivity contribution in [3.8, 4) is 0 Å². The van der Waals surface area contributed by atoms with Gasteiger partial charge >= 0.3 is 86.9 Å². The Morgan fingerprint density at radius 2 is 0.523 bits per heavy atom. The van der Waals surface area contributed by atoms with Crippen molar-refractivity contribution in [2.75, 3.05) is 0 Å². The Morgan fingerprint density at radius 3 is 0.785 bits per heavy atom. The van der Waals surface area contributed by atoms with Crippen molar-refractivity contribution in [3.05, 3.63) is 346 Å². The molecule has 8 aliphatic rings. The zero-order chi connectivity index (χ0) is 82.8. The molecule has 8 aromatic rings. The first kappa shape index (κ1) is 136. The van der Waals surface area contributed by atoms with Gasteiger partial charge in [0.05, 0.1) is 0 Å². The normalized spacial score (nSPS) is 27.2. The summed E-state index contributed by atoms with van der Waals surface area (Å²) in [4.78, 5) is 28.5. The molecule has 24 atom stereocenters. The van der Waals surface area contributed by atoms with E-state index in [9.17, 15) is 4.39 Å². The van der Waals surface area contributed by atoms with E-state index in [2.05, 4.69) is 384 Å². The first-order chi connectivity index (χ1) is 53.3. The van der Waals surface area contributed by atoms with Gasteiger partial charge in [-0.3, -0.25) is 0 Å². The minimum Gasteiger partial charge on any atom is -0.656 e. The molecule has 8 aromatic carbocycles. The summed E-state index contributed by atoms with van der Waals surface area (Å²) in [6.07, 6.45) is 0. The molecule has 0 spiro atoms. The van der Waals surface area contributed by atoms with Gasteiger partial charge in [0, 0.05) is 50.6 Å². The first-order valence-electron chi connectivity index (χ1n) is 42.6. The molecule has 24 unspecified atom stereocenters. The van der Waals surface area contributed by atoms with Crippen LogP contribution in [0.4, 0.5) is 4.39 Å². The first-order valence-corrected chi connectivity index (χ1v) is 57.0. The number of nitrogens with zero attached hydrogens (tertiary/aromatic N) is 4. The third-order valence-electron chi connectivity index (χ3n) is 28.2. The molecule has 4 saturated carbocycles. The predicted octanol–water partition coefficient (Wildman–Crippen LogP) is 34.0. The average Bonchev–Trinajstić information content (AvgIpc) is 1.55. The SMILES string of the molecule is CC1C(C)C([Si](C)([N-]C(C)(C)C)c2ccc(Cl)cc2)C2Sc3ccccc3C12.CC1C(C)C([Si](C)([N-]C(C)(C)C)c2ccc(F)cc2)C2Sc3ccccc3C12.CC1C(C)C([Si](C)([N-]C(C)(C)C)c2cccc(Cl)c2)C2Sc3ccccc3C12.Cc1cc(C)c([Si](C)([N-]C(C)(C)C)C2C(C)C(C)C3c4ccccc4SC32)c(C)c1.[CH3-].[CH3-].[CH3-].[CH3-].[CH3-].[CH3-].[CH3-].[CH3-].[CH3-].[CH3-].[CH3-].[CH3-].[Ti+4].[Ti+4].[Ti+4].[Ti+4]. The summed E-state index contributed by atoms with van der Waals surface area (Å²) in [5, 5.41) is 9.77. The van der Waals surface area contributed by atoms with Crippen LogP contribution in [0.3, 0.4) is 0 Å². The van der Waals surface area contributed by atoms with Gasteiger partial charge in [-0.15, -0.1) is 69.2 Å². The van der Waals surface area contributed by atoms with E-state index in [1.807, 2.05) is 18.2 Å². The molecule has 4 fully saturated rings. The average molecular weight is 2080 g/mol. The molecule has 0 radical (unpaired) electrons.